The summed E-state index contributed by atoms with van der Waals surface area (Å²) in [5.41, 5.74) is 0. The second kappa shape index (κ2) is 38.5. The van der Waals surface area contributed by atoms with Crippen molar-refractivity contribution < 1.29 is 24.2 Å². The van der Waals surface area contributed by atoms with Crippen molar-refractivity contribution in [2.45, 2.75) is 161 Å². The van der Waals surface area contributed by atoms with Gasteiger partial charge in [-0.05, 0) is 83.5 Å². The van der Waals surface area contributed by atoms with Gasteiger partial charge in [0.05, 0.1) is 6.61 Å². The summed E-state index contributed by atoms with van der Waals surface area (Å²) < 4.78 is 10.5. The zero-order valence-corrected chi connectivity index (χ0v) is 30.7. The number of esters is 2. The predicted octanol–water partition coefficient (Wildman–Crippen LogP) is 11.9. The number of hydrogen-bond acceptors (Lipinski definition) is 5. The van der Waals surface area contributed by atoms with Crippen LogP contribution in [-0.2, 0) is 19.1 Å². The predicted molar refractivity (Wildman–Crippen MR) is 205 cm³/mol. The first-order chi connectivity index (χ1) is 23.6. The van der Waals surface area contributed by atoms with Crippen molar-refractivity contribution in [3.8, 4) is 0 Å². The van der Waals surface area contributed by atoms with Crippen LogP contribution >= 0.6 is 0 Å². The number of aliphatic hydroxyl groups excluding tert-OH is 1. The Bertz CT molecular complexity index is 937. The molecule has 1 atom stereocenters. The maximum absolute atomic E-state index is 12.1. The minimum atomic E-state index is -0.824. The van der Waals surface area contributed by atoms with Gasteiger partial charge in [0.15, 0.2) is 6.10 Å². The van der Waals surface area contributed by atoms with Crippen molar-refractivity contribution in [2.75, 3.05) is 13.2 Å². The Morgan fingerprint density at radius 3 is 1.29 bits per heavy atom. The summed E-state index contributed by atoms with van der Waals surface area (Å²) in [5.74, 6) is -0.726. The molecule has 0 heterocycles. The number of carbonyl (C=O) groups is 2. The van der Waals surface area contributed by atoms with Gasteiger partial charge >= 0.3 is 11.9 Å². The summed E-state index contributed by atoms with van der Waals surface area (Å²) in [5, 5.41) is 9.53. The van der Waals surface area contributed by atoms with Gasteiger partial charge in [-0.2, -0.15) is 0 Å². The van der Waals surface area contributed by atoms with Crippen molar-refractivity contribution in [2.24, 2.45) is 0 Å². The fourth-order valence-corrected chi connectivity index (χ4v) is 4.74. The molecular formula is C43H70O5. The van der Waals surface area contributed by atoms with Gasteiger partial charge < -0.3 is 14.6 Å². The van der Waals surface area contributed by atoms with Gasteiger partial charge in [0, 0.05) is 12.8 Å². The summed E-state index contributed by atoms with van der Waals surface area (Å²) in [6.45, 7) is 3.99. The molecule has 1 N–H and O–H groups in total. The van der Waals surface area contributed by atoms with E-state index in [-0.39, 0.29) is 31.6 Å². The van der Waals surface area contributed by atoms with Gasteiger partial charge in [0.1, 0.15) is 6.61 Å². The summed E-state index contributed by atoms with van der Waals surface area (Å²) in [6.07, 6.45) is 52.2. The summed E-state index contributed by atoms with van der Waals surface area (Å²) in [6, 6.07) is 0. The lowest BCUT2D eigenvalue weighted by molar-refractivity contribution is -0.161. The molecule has 0 aromatic rings. The molecule has 0 saturated heterocycles. The van der Waals surface area contributed by atoms with E-state index in [9.17, 15) is 14.7 Å². The molecule has 0 rings (SSSR count). The zero-order valence-electron chi connectivity index (χ0n) is 30.7. The maximum atomic E-state index is 12.1. The molecule has 5 heteroatoms. The fraction of sp³-hybridized carbons (Fsp3) is 0.628. The van der Waals surface area contributed by atoms with Crippen LogP contribution in [0.15, 0.2) is 85.1 Å². The molecule has 0 saturated carbocycles. The van der Waals surface area contributed by atoms with Crippen LogP contribution in [-0.4, -0.2) is 36.4 Å². The van der Waals surface area contributed by atoms with Crippen molar-refractivity contribution in [3.63, 3.8) is 0 Å². The van der Waals surface area contributed by atoms with E-state index >= 15 is 0 Å². The minimum absolute atomic E-state index is 0.119. The molecule has 0 aliphatic carbocycles. The van der Waals surface area contributed by atoms with E-state index in [4.69, 9.17) is 9.47 Å². The molecule has 5 nitrogen and oxygen atoms in total. The third-order valence-electron chi connectivity index (χ3n) is 7.66. The highest BCUT2D eigenvalue weighted by Gasteiger charge is 2.15. The molecule has 0 bridgehead atoms. The quantitative estimate of drug-likeness (QED) is 0.0429. The van der Waals surface area contributed by atoms with Gasteiger partial charge in [-0.1, -0.05) is 144 Å². The largest absolute Gasteiger partial charge is 0.462 e. The van der Waals surface area contributed by atoms with Crippen molar-refractivity contribution in [3.05, 3.63) is 85.1 Å². The van der Waals surface area contributed by atoms with Gasteiger partial charge in [0.25, 0.3) is 0 Å². The Kier molecular flexibility index (Phi) is 36.2. The Hall–Kier alpha value is -2.92. The Morgan fingerprint density at radius 2 is 0.833 bits per heavy atom. The third-order valence-corrected chi connectivity index (χ3v) is 7.66. The Labute approximate surface area is 295 Å². The fourth-order valence-electron chi connectivity index (χ4n) is 4.74. The molecule has 0 radical (unpaired) electrons. The molecule has 0 aliphatic heterocycles. The molecule has 272 valence electrons. The van der Waals surface area contributed by atoms with E-state index in [1.54, 1.807) is 0 Å². The van der Waals surface area contributed by atoms with Crippen LogP contribution in [0.5, 0.6) is 0 Å². The molecule has 0 aromatic carbocycles. The Morgan fingerprint density at radius 1 is 0.479 bits per heavy atom. The molecular weight excluding hydrogens is 596 g/mol. The number of allylic oxidation sites excluding steroid dienone is 14. The highest BCUT2D eigenvalue weighted by atomic mass is 16.6. The molecule has 0 spiro atoms. The topological polar surface area (TPSA) is 72.8 Å². The van der Waals surface area contributed by atoms with E-state index < -0.39 is 6.10 Å². The van der Waals surface area contributed by atoms with Crippen LogP contribution in [0.3, 0.4) is 0 Å². The van der Waals surface area contributed by atoms with Gasteiger partial charge in [0.2, 0.25) is 0 Å². The number of ether oxygens (including phenoxy) is 2. The minimum Gasteiger partial charge on any atom is -0.462 e. The van der Waals surface area contributed by atoms with E-state index in [0.717, 1.165) is 44.9 Å². The molecule has 0 aliphatic rings. The lowest BCUT2D eigenvalue weighted by atomic mass is 10.1. The normalized spacial score (nSPS) is 13.1. The lowest BCUT2D eigenvalue weighted by Crippen LogP contribution is -2.28. The van der Waals surface area contributed by atoms with Gasteiger partial charge in [-0.3, -0.25) is 9.59 Å². The second-order valence-electron chi connectivity index (χ2n) is 12.3. The molecule has 0 amide bonds. The van der Waals surface area contributed by atoms with E-state index in [2.05, 4.69) is 98.9 Å². The van der Waals surface area contributed by atoms with Crippen molar-refractivity contribution in [1.29, 1.82) is 0 Å². The van der Waals surface area contributed by atoms with E-state index in [1.807, 2.05) is 0 Å². The zero-order chi connectivity index (χ0) is 35.0. The Balaban J connectivity index is 3.78. The first kappa shape index (κ1) is 45.1. The van der Waals surface area contributed by atoms with E-state index in [0.29, 0.717) is 19.3 Å². The van der Waals surface area contributed by atoms with Crippen LogP contribution in [0.25, 0.3) is 0 Å². The highest BCUT2D eigenvalue weighted by Crippen LogP contribution is 2.08. The maximum Gasteiger partial charge on any atom is 0.306 e. The summed E-state index contributed by atoms with van der Waals surface area (Å²) in [7, 11) is 0. The summed E-state index contributed by atoms with van der Waals surface area (Å²) >= 11 is 0. The molecule has 48 heavy (non-hydrogen) atoms. The number of rotatable bonds is 33. The van der Waals surface area contributed by atoms with Crippen LogP contribution in [0, 0.1) is 0 Å². The number of aliphatic hydroxyl groups is 1. The average Bonchev–Trinajstić information content (AvgIpc) is 3.09. The first-order valence-electron chi connectivity index (χ1n) is 19.1. The number of unbranched alkanes of at least 4 members (excludes halogenated alkanes) is 11. The van der Waals surface area contributed by atoms with Crippen molar-refractivity contribution >= 4 is 11.9 Å². The number of hydrogen-bond donors (Lipinski definition) is 1. The second-order valence-corrected chi connectivity index (χ2v) is 12.3. The molecule has 0 fully saturated rings. The standard InChI is InChI=1S/C43H70O5/c1-3-5-7-9-11-13-15-17-19-21-23-25-27-29-31-33-35-37-42(45)47-40-41(39-44)48-43(46)38-36-34-32-30-28-26-24-22-20-18-16-14-12-10-8-6-4-2/h11,13,17-20,23-26,29-32,41,44H,3-10,12,14-16,21-22,27-28,33-40H2,1-2H3. The lowest BCUT2D eigenvalue weighted by Gasteiger charge is -2.15. The van der Waals surface area contributed by atoms with Crippen LogP contribution in [0.4, 0.5) is 0 Å². The smallest absolute Gasteiger partial charge is 0.306 e. The van der Waals surface area contributed by atoms with Crippen molar-refractivity contribution in [1.82, 2.24) is 0 Å². The van der Waals surface area contributed by atoms with Crippen LogP contribution < -0.4 is 0 Å². The third kappa shape index (κ3) is 35.9. The van der Waals surface area contributed by atoms with E-state index in [1.165, 1.54) is 70.6 Å². The average molecular weight is 667 g/mol. The van der Waals surface area contributed by atoms with Gasteiger partial charge in [-0.25, -0.2) is 0 Å². The summed E-state index contributed by atoms with van der Waals surface area (Å²) in [4.78, 5) is 24.2. The van der Waals surface area contributed by atoms with Gasteiger partial charge in [-0.15, -0.1) is 0 Å². The van der Waals surface area contributed by atoms with Crippen LogP contribution in [0.2, 0.25) is 0 Å². The monoisotopic (exact) mass is 667 g/mol. The SMILES string of the molecule is CCCCCC=CCC=CCC=CCC=CCCCC(=O)OCC(CO)OC(=O)CCCC=CCC=CCC=CCCCCCCCC. The highest BCUT2D eigenvalue weighted by molar-refractivity contribution is 5.70. The van der Waals surface area contributed by atoms with Crippen LogP contribution in [0.1, 0.15) is 155 Å². The first-order valence-corrected chi connectivity index (χ1v) is 19.1. The molecule has 0 aromatic heterocycles. The number of carbonyl (C=O) groups excluding carboxylic acids is 2. The molecule has 1 unspecified atom stereocenters.